The van der Waals surface area contributed by atoms with Crippen molar-refractivity contribution in [2.24, 2.45) is 16.8 Å². The molecule has 5 rings (SSSR count). The van der Waals surface area contributed by atoms with E-state index >= 15 is 0 Å². The highest BCUT2D eigenvalue weighted by atomic mass is 32.2. The predicted molar refractivity (Wildman–Crippen MR) is 136 cm³/mol. The molecule has 2 saturated heterocycles. The third-order valence-electron chi connectivity index (χ3n) is 6.78. The lowest BCUT2D eigenvalue weighted by atomic mass is 9.98. The van der Waals surface area contributed by atoms with E-state index in [9.17, 15) is 32.5 Å². The summed E-state index contributed by atoms with van der Waals surface area (Å²) in [6.45, 7) is 2.44. The Bertz CT molecular complexity index is 1460. The molecule has 216 valence electrons. The van der Waals surface area contributed by atoms with Crippen LogP contribution < -0.4 is 16.8 Å². The lowest BCUT2D eigenvalue weighted by Crippen LogP contribution is -2.73. The quantitative estimate of drug-likeness (QED) is 0.0718. The Labute approximate surface area is 230 Å². The van der Waals surface area contributed by atoms with Gasteiger partial charge in [0.05, 0.1) is 18.4 Å². The van der Waals surface area contributed by atoms with Crippen LogP contribution >= 0.6 is 11.3 Å². The van der Waals surface area contributed by atoms with Crippen LogP contribution in [0.15, 0.2) is 16.7 Å². The Morgan fingerprint density at radius 2 is 2.05 bits per heavy atom. The van der Waals surface area contributed by atoms with Gasteiger partial charge in [-0.05, 0) is 12.5 Å². The molecule has 3 aliphatic rings. The number of carbonyl (C=O) groups is 3. The highest BCUT2D eigenvalue weighted by Crippen LogP contribution is 2.40. The van der Waals surface area contributed by atoms with E-state index < -0.39 is 51.5 Å². The Hall–Kier alpha value is -3.72. The van der Waals surface area contributed by atoms with Gasteiger partial charge in [0.2, 0.25) is 5.60 Å². The molecule has 0 aromatic carbocycles. The second kappa shape index (κ2) is 10.4. The summed E-state index contributed by atoms with van der Waals surface area (Å²) >= 11 is 0.981. The van der Waals surface area contributed by atoms with Gasteiger partial charge in [0.1, 0.15) is 17.8 Å². The number of nitrogens with zero attached hydrogens (tertiary/aromatic N) is 7. The molecule has 3 fully saturated rings. The number of carboxylic acids is 1. The SMILES string of the molecule is NCC1CN(Cc2cnn(CC3C(NC(=O)C(=NOC4(C(=O)O)CC4)c4csc(N)n4)C(=O)N3S(=O)(=O)O)n2)C1. The number of aliphatic carboxylic acids is 1. The van der Waals surface area contributed by atoms with Crippen molar-refractivity contribution < 1.29 is 37.3 Å². The normalized spacial score (nSPS) is 22.9. The topological polar surface area (TPSA) is 262 Å². The van der Waals surface area contributed by atoms with Gasteiger partial charge in [0.25, 0.3) is 11.8 Å². The summed E-state index contributed by atoms with van der Waals surface area (Å²) in [6.07, 6.45) is 1.85. The number of nitrogen functional groups attached to an aromatic ring is 1. The van der Waals surface area contributed by atoms with Crippen LogP contribution in [0, 0.1) is 5.92 Å². The number of β-lactam (4-membered cyclic amide) rings is 1. The Balaban J connectivity index is 1.32. The molecule has 1 saturated carbocycles. The summed E-state index contributed by atoms with van der Waals surface area (Å²) in [5, 5.41) is 25.3. The van der Waals surface area contributed by atoms with Crippen LogP contribution in [0.1, 0.15) is 24.2 Å². The van der Waals surface area contributed by atoms with Crippen LogP contribution in [-0.4, -0.2) is 108 Å². The summed E-state index contributed by atoms with van der Waals surface area (Å²) in [5.74, 6) is -2.96. The average Bonchev–Trinajstić information content (AvgIpc) is 3.33. The monoisotopic (exact) mass is 598 g/mol. The molecule has 2 aromatic rings. The summed E-state index contributed by atoms with van der Waals surface area (Å²) in [7, 11) is -4.97. The molecule has 2 unspecified atom stereocenters. The number of oxime groups is 1. The van der Waals surface area contributed by atoms with Crippen molar-refractivity contribution in [3.05, 3.63) is 23.0 Å². The van der Waals surface area contributed by atoms with Gasteiger partial charge in [-0.3, -0.25) is 19.0 Å². The molecule has 1 aliphatic carbocycles. The van der Waals surface area contributed by atoms with Crippen molar-refractivity contribution in [1.29, 1.82) is 0 Å². The zero-order valence-electron chi connectivity index (χ0n) is 20.8. The molecular weight excluding hydrogens is 572 g/mol. The number of likely N-dealkylation sites (tertiary alicyclic amines) is 1. The van der Waals surface area contributed by atoms with E-state index in [1.54, 1.807) is 0 Å². The Morgan fingerprint density at radius 1 is 1.32 bits per heavy atom. The van der Waals surface area contributed by atoms with Crippen LogP contribution in [0.3, 0.4) is 0 Å². The number of amides is 2. The average molecular weight is 599 g/mol. The first-order valence-corrected chi connectivity index (χ1v) is 14.3. The second-order valence-corrected chi connectivity index (χ2v) is 11.9. The van der Waals surface area contributed by atoms with Gasteiger partial charge in [0.15, 0.2) is 10.8 Å². The van der Waals surface area contributed by atoms with E-state index in [2.05, 4.69) is 30.6 Å². The van der Waals surface area contributed by atoms with Gasteiger partial charge in [-0.25, -0.2) is 14.1 Å². The van der Waals surface area contributed by atoms with E-state index in [1.807, 2.05) is 0 Å². The van der Waals surface area contributed by atoms with Crippen molar-refractivity contribution >= 4 is 50.3 Å². The number of hydrogen-bond donors (Lipinski definition) is 5. The number of carbonyl (C=O) groups excluding carboxylic acids is 2. The maximum absolute atomic E-state index is 13.2. The van der Waals surface area contributed by atoms with Crippen molar-refractivity contribution in [3.63, 3.8) is 0 Å². The minimum absolute atomic E-state index is 0.0441. The molecule has 2 aliphatic heterocycles. The summed E-state index contributed by atoms with van der Waals surface area (Å²) in [5.41, 5.74) is 9.81. The molecule has 2 aromatic heterocycles. The van der Waals surface area contributed by atoms with E-state index in [1.165, 1.54) is 11.6 Å². The maximum Gasteiger partial charge on any atom is 0.362 e. The molecule has 2 atom stereocenters. The van der Waals surface area contributed by atoms with Crippen molar-refractivity contribution in [3.8, 4) is 0 Å². The molecule has 20 heteroatoms. The third-order valence-corrected chi connectivity index (χ3v) is 8.40. The molecule has 7 N–H and O–H groups in total. The third kappa shape index (κ3) is 5.47. The largest absolute Gasteiger partial charge is 0.478 e. The molecule has 0 radical (unpaired) electrons. The maximum atomic E-state index is 13.2. The summed E-state index contributed by atoms with van der Waals surface area (Å²) in [6, 6.07) is -2.71. The molecule has 4 heterocycles. The van der Waals surface area contributed by atoms with Gasteiger partial charge in [0, 0.05) is 37.9 Å². The lowest BCUT2D eigenvalue weighted by molar-refractivity contribution is -0.153. The number of aromatic nitrogens is 4. The minimum Gasteiger partial charge on any atom is -0.478 e. The number of nitrogens with two attached hydrogens (primary N) is 2. The van der Waals surface area contributed by atoms with Crippen LogP contribution in [0.5, 0.6) is 0 Å². The van der Waals surface area contributed by atoms with E-state index in [-0.39, 0.29) is 34.5 Å². The molecule has 0 bridgehead atoms. The summed E-state index contributed by atoms with van der Waals surface area (Å²) < 4.78 is 33.7. The van der Waals surface area contributed by atoms with Crippen molar-refractivity contribution in [2.75, 3.05) is 25.4 Å². The minimum atomic E-state index is -4.97. The highest BCUT2D eigenvalue weighted by molar-refractivity contribution is 7.84. The zero-order valence-corrected chi connectivity index (χ0v) is 22.4. The van der Waals surface area contributed by atoms with Gasteiger partial charge in [-0.1, -0.05) is 5.16 Å². The fraction of sp³-hybridized carbons (Fsp3) is 0.550. The van der Waals surface area contributed by atoms with Crippen LogP contribution in [-0.2, 0) is 42.6 Å². The lowest BCUT2D eigenvalue weighted by Gasteiger charge is -2.43. The first-order valence-electron chi connectivity index (χ1n) is 12.0. The first kappa shape index (κ1) is 27.8. The Morgan fingerprint density at radius 3 is 2.62 bits per heavy atom. The van der Waals surface area contributed by atoms with E-state index in [0.717, 1.165) is 29.2 Å². The fourth-order valence-electron chi connectivity index (χ4n) is 4.39. The Kier molecular flexibility index (Phi) is 7.20. The van der Waals surface area contributed by atoms with Crippen molar-refractivity contribution in [2.45, 2.75) is 43.6 Å². The standard InChI is InChI=1S/C20H26N10O8S2/c21-3-10-5-28(6-10)7-11-4-23-29(26-11)8-13-15(17(32)30(13)40(35,36)37)25-16(31)14(12-9-39-19(22)24-12)27-38-20(1-2-20)18(33)34/h4,9-10,13,15H,1-3,5-8,21H2,(H2,22,24)(H,25,31)(H,33,34)(H,35,36,37). The molecule has 2 amide bonds. The molecule has 40 heavy (non-hydrogen) atoms. The summed E-state index contributed by atoms with van der Waals surface area (Å²) in [4.78, 5) is 49.7. The fourth-order valence-corrected chi connectivity index (χ4v) is 5.81. The number of nitrogens with one attached hydrogen (secondary N) is 1. The zero-order chi connectivity index (χ0) is 28.8. The first-order chi connectivity index (χ1) is 18.9. The number of thiazole rings is 1. The smallest absolute Gasteiger partial charge is 0.362 e. The van der Waals surface area contributed by atoms with Crippen molar-refractivity contribution in [1.82, 2.24) is 34.5 Å². The van der Waals surface area contributed by atoms with Crippen LogP contribution in [0.25, 0.3) is 0 Å². The van der Waals surface area contributed by atoms with Crippen LogP contribution in [0.4, 0.5) is 5.13 Å². The molecular formula is C20H26N10O8S2. The van der Waals surface area contributed by atoms with Gasteiger partial charge in [-0.15, -0.1) is 11.3 Å². The number of anilines is 1. The highest BCUT2D eigenvalue weighted by Gasteiger charge is 2.56. The number of carboxylic acid groups (broad SMARTS) is 1. The van der Waals surface area contributed by atoms with Gasteiger partial charge < -0.3 is 26.7 Å². The number of hydrogen-bond acceptors (Lipinski definition) is 14. The van der Waals surface area contributed by atoms with E-state index in [0.29, 0.717) is 24.7 Å². The molecule has 0 spiro atoms. The molecule has 18 nitrogen and oxygen atoms in total. The predicted octanol–water partition coefficient (Wildman–Crippen LogP) is -2.76. The van der Waals surface area contributed by atoms with Crippen LogP contribution in [0.2, 0.25) is 0 Å². The van der Waals surface area contributed by atoms with Gasteiger partial charge in [-0.2, -0.15) is 23.4 Å². The van der Waals surface area contributed by atoms with E-state index in [4.69, 9.17) is 16.3 Å². The van der Waals surface area contributed by atoms with Gasteiger partial charge >= 0.3 is 16.3 Å². The second-order valence-electron chi connectivity index (χ2n) is 9.72. The number of rotatable bonds is 12.